The first-order valence-electron chi connectivity index (χ1n) is 18.1. The Bertz CT molecular complexity index is 1970. The van der Waals surface area contributed by atoms with E-state index in [1.54, 1.807) is 18.3 Å². The number of aromatic nitrogens is 2. The van der Waals surface area contributed by atoms with E-state index in [1.807, 2.05) is 48.7 Å². The number of aromatic amines is 1. The number of nitrogens with one attached hydrogen (secondary N) is 1. The van der Waals surface area contributed by atoms with Crippen molar-refractivity contribution < 1.29 is 13.9 Å². The molecular weight excluding hydrogens is 625 g/mol. The molecule has 2 saturated heterocycles. The Morgan fingerprint density at radius 3 is 2.58 bits per heavy atom. The summed E-state index contributed by atoms with van der Waals surface area (Å²) in [5.74, 6) is 1.49. The number of rotatable bonds is 9. The zero-order valence-corrected chi connectivity index (χ0v) is 29.0. The summed E-state index contributed by atoms with van der Waals surface area (Å²) in [7, 11) is 0. The number of halogens is 1. The van der Waals surface area contributed by atoms with Gasteiger partial charge >= 0.3 is 0 Å². The van der Waals surface area contributed by atoms with Crippen molar-refractivity contribution in [2.75, 3.05) is 37.6 Å². The largest absolute Gasteiger partial charge is 0.455 e. The number of carbonyl (C=O) groups is 1. The third-order valence-corrected chi connectivity index (χ3v) is 11.6. The summed E-state index contributed by atoms with van der Waals surface area (Å²) in [6.07, 6.45) is 9.16. The summed E-state index contributed by atoms with van der Waals surface area (Å²) in [6, 6.07) is 26.8. The zero-order chi connectivity index (χ0) is 34.2. The minimum atomic E-state index is -0.114. The molecule has 4 heterocycles. The summed E-state index contributed by atoms with van der Waals surface area (Å²) in [4.78, 5) is 27.1. The average molecular weight is 672 g/mol. The van der Waals surface area contributed by atoms with Gasteiger partial charge in [-0.3, -0.25) is 14.6 Å². The maximum absolute atomic E-state index is 14.7. The van der Waals surface area contributed by atoms with Crippen molar-refractivity contribution in [2.45, 2.75) is 64.1 Å². The third-order valence-electron chi connectivity index (χ3n) is 11.6. The second-order valence-electron chi connectivity index (χ2n) is 14.9. The molecule has 1 spiro atoms. The lowest BCUT2D eigenvalue weighted by molar-refractivity contribution is -0.0629. The second kappa shape index (κ2) is 13.6. The SMILES string of the molecule is CC(C)c1ccccc1C1CN(Cc2ccccc2F)CCN1C1CC2(CCN(c3ccc(C=O)c(Oc4cnc5[nH]ccc5c4)c3)CC2)C1. The Hall–Kier alpha value is -4.53. The van der Waals surface area contributed by atoms with E-state index in [2.05, 4.69) is 62.8 Å². The molecule has 0 bridgehead atoms. The van der Waals surface area contributed by atoms with Crippen LogP contribution in [-0.4, -0.2) is 64.8 Å². The minimum absolute atomic E-state index is 0.114. The molecule has 0 amide bonds. The van der Waals surface area contributed by atoms with Gasteiger partial charge in [-0.1, -0.05) is 56.3 Å². The Morgan fingerprint density at radius 1 is 0.980 bits per heavy atom. The topological polar surface area (TPSA) is 64.7 Å². The Balaban J connectivity index is 0.945. The van der Waals surface area contributed by atoms with Crippen LogP contribution in [0.25, 0.3) is 11.0 Å². The van der Waals surface area contributed by atoms with Crippen LogP contribution in [0.1, 0.15) is 78.5 Å². The average Bonchev–Trinajstić information content (AvgIpc) is 3.60. The van der Waals surface area contributed by atoms with Crippen LogP contribution >= 0.6 is 0 Å². The second-order valence-corrected chi connectivity index (χ2v) is 14.9. The molecule has 2 aromatic heterocycles. The molecule has 3 aromatic carbocycles. The number of hydrogen-bond donors (Lipinski definition) is 1. The van der Waals surface area contributed by atoms with E-state index in [-0.39, 0.29) is 5.82 Å². The fourth-order valence-corrected chi connectivity index (χ4v) is 8.75. The van der Waals surface area contributed by atoms with Crippen molar-refractivity contribution in [3.8, 4) is 11.5 Å². The quantitative estimate of drug-likeness (QED) is 0.158. The number of piperazine rings is 1. The molecule has 0 radical (unpaired) electrons. The van der Waals surface area contributed by atoms with Gasteiger partial charge in [0.15, 0.2) is 6.29 Å². The maximum Gasteiger partial charge on any atom is 0.153 e. The predicted molar refractivity (Wildman–Crippen MR) is 197 cm³/mol. The van der Waals surface area contributed by atoms with Crippen LogP contribution in [0.4, 0.5) is 10.1 Å². The van der Waals surface area contributed by atoms with Crippen molar-refractivity contribution in [3.05, 3.63) is 119 Å². The molecule has 1 N–H and O–H groups in total. The Morgan fingerprint density at radius 2 is 1.78 bits per heavy atom. The van der Waals surface area contributed by atoms with Gasteiger partial charge in [-0.25, -0.2) is 9.37 Å². The lowest BCUT2D eigenvalue weighted by atomic mass is 9.59. The van der Waals surface area contributed by atoms with Crippen LogP contribution in [0, 0.1) is 11.2 Å². The molecule has 2 aliphatic heterocycles. The molecule has 3 aliphatic rings. The molecule has 258 valence electrons. The van der Waals surface area contributed by atoms with Gasteiger partial charge in [0.05, 0.1) is 11.8 Å². The van der Waals surface area contributed by atoms with E-state index in [4.69, 9.17) is 4.74 Å². The summed E-state index contributed by atoms with van der Waals surface area (Å²) < 4.78 is 20.9. The van der Waals surface area contributed by atoms with E-state index < -0.39 is 0 Å². The first-order chi connectivity index (χ1) is 24.4. The molecule has 8 rings (SSSR count). The van der Waals surface area contributed by atoms with E-state index in [1.165, 1.54) is 24.0 Å². The molecule has 50 heavy (non-hydrogen) atoms. The van der Waals surface area contributed by atoms with Gasteiger partial charge in [0.2, 0.25) is 0 Å². The van der Waals surface area contributed by atoms with Crippen LogP contribution in [0.5, 0.6) is 11.5 Å². The van der Waals surface area contributed by atoms with Gasteiger partial charge in [0, 0.05) is 80.3 Å². The molecule has 1 atom stereocenters. The number of anilines is 1. The molecule has 1 aliphatic carbocycles. The van der Waals surface area contributed by atoms with Crippen molar-refractivity contribution >= 4 is 23.0 Å². The Kier molecular flexibility index (Phi) is 8.91. The normalized spacial score (nSPS) is 20.0. The molecular formula is C42H46FN5O2. The number of ether oxygens (including phenoxy) is 1. The highest BCUT2D eigenvalue weighted by atomic mass is 19.1. The molecule has 1 unspecified atom stereocenters. The lowest BCUT2D eigenvalue weighted by Gasteiger charge is -2.58. The minimum Gasteiger partial charge on any atom is -0.455 e. The predicted octanol–water partition coefficient (Wildman–Crippen LogP) is 8.74. The van der Waals surface area contributed by atoms with Crippen LogP contribution in [0.2, 0.25) is 0 Å². The van der Waals surface area contributed by atoms with Gasteiger partial charge < -0.3 is 14.6 Å². The van der Waals surface area contributed by atoms with E-state index in [9.17, 15) is 9.18 Å². The molecule has 5 aromatic rings. The fraction of sp³-hybridized carbons (Fsp3) is 0.381. The molecule has 8 heteroatoms. The number of carbonyl (C=O) groups excluding carboxylic acids is 1. The number of pyridine rings is 1. The van der Waals surface area contributed by atoms with Gasteiger partial charge in [-0.05, 0) is 78.5 Å². The van der Waals surface area contributed by atoms with Crippen molar-refractivity contribution in [1.29, 1.82) is 0 Å². The summed E-state index contributed by atoms with van der Waals surface area (Å²) in [5, 5.41) is 0.964. The monoisotopic (exact) mass is 671 g/mol. The zero-order valence-electron chi connectivity index (χ0n) is 29.0. The first kappa shape index (κ1) is 32.7. The number of piperidine rings is 1. The van der Waals surface area contributed by atoms with Gasteiger partial charge in [-0.2, -0.15) is 0 Å². The highest BCUT2D eigenvalue weighted by Crippen LogP contribution is 2.53. The highest BCUT2D eigenvalue weighted by Gasteiger charge is 2.50. The standard InChI is InChI=1S/C42H46FN5O2/c1-29(2)36-8-4-5-9-37(36)39-27-46(26-31-7-3-6-10-38(31)43)19-20-48(39)34-23-42(24-34)14-17-47(18-15-42)33-12-11-32(28-49)40(22-33)50-35-21-30-13-16-44-41(30)45-25-35/h3-13,16,21-22,25,28-29,34,39H,14-15,17-20,23-24,26-27H2,1-2H3,(H,44,45). The Labute approximate surface area is 294 Å². The van der Waals surface area contributed by atoms with E-state index in [0.717, 1.165) is 74.1 Å². The number of nitrogens with zero attached hydrogens (tertiary/aromatic N) is 4. The lowest BCUT2D eigenvalue weighted by Crippen LogP contribution is -2.60. The van der Waals surface area contributed by atoms with E-state index >= 15 is 0 Å². The third kappa shape index (κ3) is 6.42. The maximum atomic E-state index is 14.7. The summed E-state index contributed by atoms with van der Waals surface area (Å²) >= 11 is 0. The fourth-order valence-electron chi connectivity index (χ4n) is 8.75. The van der Waals surface area contributed by atoms with Crippen LogP contribution in [0.3, 0.4) is 0 Å². The number of benzene rings is 3. The van der Waals surface area contributed by atoms with Crippen LogP contribution < -0.4 is 9.64 Å². The molecule has 1 saturated carbocycles. The molecule has 3 fully saturated rings. The van der Waals surface area contributed by atoms with E-state index in [0.29, 0.717) is 47.0 Å². The van der Waals surface area contributed by atoms with Gasteiger partial charge in [0.25, 0.3) is 0 Å². The van der Waals surface area contributed by atoms with Gasteiger partial charge in [-0.15, -0.1) is 0 Å². The number of hydrogen-bond acceptors (Lipinski definition) is 6. The van der Waals surface area contributed by atoms with Crippen molar-refractivity contribution in [2.24, 2.45) is 5.41 Å². The van der Waals surface area contributed by atoms with Crippen molar-refractivity contribution in [1.82, 2.24) is 19.8 Å². The number of H-pyrrole nitrogens is 1. The van der Waals surface area contributed by atoms with Crippen LogP contribution in [0.15, 0.2) is 91.3 Å². The van der Waals surface area contributed by atoms with Crippen molar-refractivity contribution in [3.63, 3.8) is 0 Å². The highest BCUT2D eigenvalue weighted by molar-refractivity contribution is 5.81. The first-order valence-corrected chi connectivity index (χ1v) is 18.1. The van der Waals surface area contributed by atoms with Gasteiger partial charge in [0.1, 0.15) is 23.0 Å². The summed E-state index contributed by atoms with van der Waals surface area (Å²) in [5.41, 5.74) is 6.41. The van der Waals surface area contributed by atoms with Crippen LogP contribution in [-0.2, 0) is 6.54 Å². The smallest absolute Gasteiger partial charge is 0.153 e. The summed E-state index contributed by atoms with van der Waals surface area (Å²) in [6.45, 7) is 10.0. The number of aldehydes is 1. The molecule has 7 nitrogen and oxygen atoms in total. The number of fused-ring (bicyclic) bond motifs is 1.